The summed E-state index contributed by atoms with van der Waals surface area (Å²) in [6, 6.07) is 19.9. The van der Waals surface area contributed by atoms with E-state index in [1.165, 1.54) is 11.8 Å². The van der Waals surface area contributed by atoms with Crippen molar-refractivity contribution in [2.75, 3.05) is 0 Å². The topological polar surface area (TPSA) is 87.5 Å². The third-order valence-corrected chi connectivity index (χ3v) is 5.84. The Kier molecular flexibility index (Phi) is 6.31. The molecule has 0 amide bonds. The molecule has 0 fully saturated rings. The second kappa shape index (κ2) is 9.48. The van der Waals surface area contributed by atoms with Crippen molar-refractivity contribution in [3.63, 3.8) is 0 Å². The van der Waals surface area contributed by atoms with E-state index in [0.717, 1.165) is 33.6 Å². The standard InChI is InChI=1S/C27H23N5O/c1-18-5-4-6-24(19(18)2)25-11-21(8-9-22(25)13-29)27(26-15-30-17-32(26)3)33-16-23-10-7-20(12-28)14-31-23/h4-11,14-15,17,27H,16H2,1-3H3. The molecule has 4 rings (SSSR count). The van der Waals surface area contributed by atoms with E-state index in [1.807, 2.05) is 41.9 Å². The van der Waals surface area contributed by atoms with Gasteiger partial charge in [0.05, 0.1) is 47.7 Å². The van der Waals surface area contributed by atoms with E-state index in [1.54, 1.807) is 24.7 Å². The number of aryl methyl sites for hydroxylation is 2. The molecule has 1 unspecified atom stereocenters. The number of pyridine rings is 1. The first-order valence-corrected chi connectivity index (χ1v) is 10.5. The molecule has 162 valence electrons. The highest BCUT2D eigenvalue weighted by atomic mass is 16.5. The third kappa shape index (κ3) is 4.52. The monoisotopic (exact) mass is 433 g/mol. The molecule has 0 N–H and O–H groups in total. The van der Waals surface area contributed by atoms with E-state index in [0.29, 0.717) is 11.1 Å². The maximum absolute atomic E-state index is 9.77. The molecule has 0 aliphatic carbocycles. The largest absolute Gasteiger partial charge is 0.361 e. The minimum atomic E-state index is -0.411. The van der Waals surface area contributed by atoms with E-state index < -0.39 is 6.10 Å². The van der Waals surface area contributed by atoms with Crippen LogP contribution in [-0.4, -0.2) is 14.5 Å². The second-order valence-electron chi connectivity index (χ2n) is 7.93. The van der Waals surface area contributed by atoms with Crippen LogP contribution < -0.4 is 0 Å². The van der Waals surface area contributed by atoms with Gasteiger partial charge in [-0.25, -0.2) is 4.98 Å². The number of nitriles is 2. The molecular weight excluding hydrogens is 410 g/mol. The number of benzene rings is 2. The van der Waals surface area contributed by atoms with Crippen molar-refractivity contribution in [1.82, 2.24) is 14.5 Å². The second-order valence-corrected chi connectivity index (χ2v) is 7.93. The summed E-state index contributed by atoms with van der Waals surface area (Å²) >= 11 is 0. The molecule has 0 radical (unpaired) electrons. The van der Waals surface area contributed by atoms with Gasteiger partial charge >= 0.3 is 0 Å². The van der Waals surface area contributed by atoms with E-state index >= 15 is 0 Å². The molecule has 2 aromatic carbocycles. The molecule has 2 heterocycles. The number of hydrogen-bond acceptors (Lipinski definition) is 5. The summed E-state index contributed by atoms with van der Waals surface area (Å²) in [5.41, 5.74) is 7.89. The van der Waals surface area contributed by atoms with Gasteiger partial charge in [0.25, 0.3) is 0 Å². The molecule has 33 heavy (non-hydrogen) atoms. The molecule has 6 heteroatoms. The first kappa shape index (κ1) is 22.0. The summed E-state index contributed by atoms with van der Waals surface area (Å²) in [6.07, 6.45) is 4.65. The molecule has 0 aliphatic heterocycles. The fraction of sp³-hybridized carbons (Fsp3) is 0.185. The number of rotatable bonds is 6. The molecule has 2 aromatic heterocycles. The Hall–Kier alpha value is -4.26. The predicted molar refractivity (Wildman–Crippen MR) is 125 cm³/mol. The average molecular weight is 434 g/mol. The zero-order valence-electron chi connectivity index (χ0n) is 18.8. The Morgan fingerprint density at radius 2 is 1.85 bits per heavy atom. The van der Waals surface area contributed by atoms with Gasteiger partial charge < -0.3 is 9.30 Å². The molecule has 0 bridgehead atoms. The lowest BCUT2D eigenvalue weighted by Crippen LogP contribution is -2.11. The maximum atomic E-state index is 9.77. The van der Waals surface area contributed by atoms with E-state index in [2.05, 4.69) is 42.0 Å². The minimum absolute atomic E-state index is 0.264. The summed E-state index contributed by atoms with van der Waals surface area (Å²) in [6.45, 7) is 4.41. The van der Waals surface area contributed by atoms with Crippen LogP contribution in [0.4, 0.5) is 0 Å². The van der Waals surface area contributed by atoms with Crippen molar-refractivity contribution in [2.24, 2.45) is 7.05 Å². The number of hydrogen-bond donors (Lipinski definition) is 0. The first-order chi connectivity index (χ1) is 16.0. The Bertz CT molecular complexity index is 1370. The molecule has 0 saturated carbocycles. The lowest BCUT2D eigenvalue weighted by Gasteiger charge is -2.20. The van der Waals surface area contributed by atoms with Crippen LogP contribution in [0.2, 0.25) is 0 Å². The predicted octanol–water partition coefficient (Wildman–Crippen LogP) is 5.15. The summed E-state index contributed by atoms with van der Waals surface area (Å²) in [4.78, 5) is 8.58. The maximum Gasteiger partial charge on any atom is 0.125 e. The van der Waals surface area contributed by atoms with Crippen LogP contribution in [0.3, 0.4) is 0 Å². The summed E-state index contributed by atoms with van der Waals surface area (Å²) < 4.78 is 8.27. The van der Waals surface area contributed by atoms with Gasteiger partial charge in [-0.15, -0.1) is 0 Å². The van der Waals surface area contributed by atoms with Crippen LogP contribution in [0.5, 0.6) is 0 Å². The van der Waals surface area contributed by atoms with Crippen LogP contribution in [0.25, 0.3) is 11.1 Å². The van der Waals surface area contributed by atoms with Crippen molar-refractivity contribution in [1.29, 1.82) is 10.5 Å². The van der Waals surface area contributed by atoms with Crippen LogP contribution >= 0.6 is 0 Å². The van der Waals surface area contributed by atoms with Crippen molar-refractivity contribution in [2.45, 2.75) is 26.6 Å². The van der Waals surface area contributed by atoms with Crippen LogP contribution in [-0.2, 0) is 18.4 Å². The molecule has 1 atom stereocenters. The first-order valence-electron chi connectivity index (χ1n) is 10.5. The van der Waals surface area contributed by atoms with Crippen molar-refractivity contribution < 1.29 is 4.74 Å². The number of aromatic nitrogens is 3. The number of ether oxygens (including phenoxy) is 1. The fourth-order valence-corrected chi connectivity index (χ4v) is 3.81. The van der Waals surface area contributed by atoms with Gasteiger partial charge in [0.1, 0.15) is 12.2 Å². The van der Waals surface area contributed by atoms with E-state index in [9.17, 15) is 5.26 Å². The SMILES string of the molecule is Cc1cccc(-c2cc(C(OCc3ccc(C#N)cn3)c3cncn3C)ccc2C#N)c1C. The van der Waals surface area contributed by atoms with Crippen molar-refractivity contribution in [3.05, 3.63) is 106 Å². The van der Waals surface area contributed by atoms with Crippen molar-refractivity contribution in [3.8, 4) is 23.3 Å². The molecule has 6 nitrogen and oxygen atoms in total. The number of nitrogens with zero attached hydrogens (tertiary/aromatic N) is 5. The molecule has 0 saturated heterocycles. The highest BCUT2D eigenvalue weighted by Gasteiger charge is 2.21. The zero-order valence-corrected chi connectivity index (χ0v) is 18.8. The Morgan fingerprint density at radius 1 is 1.00 bits per heavy atom. The van der Waals surface area contributed by atoms with Gasteiger partial charge in [0.15, 0.2) is 0 Å². The Balaban J connectivity index is 1.75. The molecular formula is C27H23N5O. The fourth-order valence-electron chi connectivity index (χ4n) is 3.81. The van der Waals surface area contributed by atoms with E-state index in [4.69, 9.17) is 10.00 Å². The lowest BCUT2D eigenvalue weighted by molar-refractivity contribution is 0.0601. The Morgan fingerprint density at radius 3 is 2.52 bits per heavy atom. The smallest absolute Gasteiger partial charge is 0.125 e. The summed E-state index contributed by atoms with van der Waals surface area (Å²) in [5.74, 6) is 0. The average Bonchev–Trinajstić information content (AvgIpc) is 3.27. The van der Waals surface area contributed by atoms with Gasteiger partial charge in [-0.05, 0) is 60.4 Å². The molecule has 0 aliphatic rings. The van der Waals surface area contributed by atoms with Gasteiger partial charge in [-0.1, -0.05) is 24.3 Å². The van der Waals surface area contributed by atoms with Crippen LogP contribution in [0, 0.1) is 36.5 Å². The van der Waals surface area contributed by atoms with Gasteiger partial charge in [-0.2, -0.15) is 10.5 Å². The minimum Gasteiger partial charge on any atom is -0.361 e. The normalized spacial score (nSPS) is 11.5. The van der Waals surface area contributed by atoms with Gasteiger partial charge in [0.2, 0.25) is 0 Å². The summed E-state index contributed by atoms with van der Waals surface area (Å²) in [5, 5.41) is 18.8. The zero-order chi connectivity index (χ0) is 23.4. The Labute approximate surface area is 193 Å². The number of imidazole rings is 1. The quantitative estimate of drug-likeness (QED) is 0.420. The lowest BCUT2D eigenvalue weighted by atomic mass is 9.91. The summed E-state index contributed by atoms with van der Waals surface area (Å²) in [7, 11) is 1.92. The third-order valence-electron chi connectivity index (χ3n) is 5.84. The highest BCUT2D eigenvalue weighted by Crippen LogP contribution is 2.34. The van der Waals surface area contributed by atoms with Crippen LogP contribution in [0.15, 0.2) is 67.3 Å². The highest BCUT2D eigenvalue weighted by molar-refractivity contribution is 5.75. The van der Waals surface area contributed by atoms with E-state index in [-0.39, 0.29) is 6.61 Å². The molecule has 0 spiro atoms. The molecule has 4 aromatic rings. The van der Waals surface area contributed by atoms with Crippen molar-refractivity contribution >= 4 is 0 Å². The van der Waals surface area contributed by atoms with Gasteiger partial charge in [0, 0.05) is 18.8 Å². The van der Waals surface area contributed by atoms with Crippen LogP contribution in [0.1, 0.15) is 45.3 Å². The van der Waals surface area contributed by atoms with Gasteiger partial charge in [-0.3, -0.25) is 4.98 Å².